The van der Waals surface area contributed by atoms with Gasteiger partial charge < -0.3 is 9.80 Å². The third-order valence-corrected chi connectivity index (χ3v) is 6.68. The molecule has 0 radical (unpaired) electrons. The van der Waals surface area contributed by atoms with E-state index in [0.29, 0.717) is 18.5 Å². The van der Waals surface area contributed by atoms with Crippen LogP contribution in [0, 0.1) is 6.92 Å². The summed E-state index contributed by atoms with van der Waals surface area (Å²) in [6.45, 7) is 9.13. The standard InChI is InChI=1S/C16H28N4O3S/c1-5-19(6-2)8-9-20(14-7-10-24(22,23)12-14)16(21)15-11-17-18(4)13(15)3/h11,14H,5-10,12H2,1-4H3/t14-/m0/s1. The fourth-order valence-electron chi connectivity index (χ4n) is 3.12. The fraction of sp³-hybridized carbons (Fsp3) is 0.750. The van der Waals surface area contributed by atoms with E-state index in [1.807, 2.05) is 6.92 Å². The molecule has 1 aliphatic rings. The largest absolute Gasteiger partial charge is 0.333 e. The Morgan fingerprint density at radius 3 is 2.46 bits per heavy atom. The fourth-order valence-corrected chi connectivity index (χ4v) is 4.85. The van der Waals surface area contributed by atoms with Crippen LogP contribution >= 0.6 is 0 Å². The molecule has 1 atom stereocenters. The van der Waals surface area contributed by atoms with Gasteiger partial charge in [-0.2, -0.15) is 5.10 Å². The van der Waals surface area contributed by atoms with Gasteiger partial charge in [-0.3, -0.25) is 9.48 Å². The number of hydrogen-bond acceptors (Lipinski definition) is 5. The first-order chi connectivity index (χ1) is 11.3. The summed E-state index contributed by atoms with van der Waals surface area (Å²) in [5.74, 6) is 0.115. The van der Waals surface area contributed by atoms with Crippen LogP contribution in [0.5, 0.6) is 0 Å². The molecule has 7 nitrogen and oxygen atoms in total. The molecular weight excluding hydrogens is 328 g/mol. The van der Waals surface area contributed by atoms with Crippen LogP contribution < -0.4 is 0 Å². The SMILES string of the molecule is CCN(CC)CCN(C(=O)c1cnn(C)c1C)[C@H]1CCS(=O)(=O)C1. The minimum Gasteiger partial charge on any atom is -0.333 e. The lowest BCUT2D eigenvalue weighted by atomic mass is 10.1. The first kappa shape index (κ1) is 18.9. The van der Waals surface area contributed by atoms with E-state index in [4.69, 9.17) is 0 Å². The van der Waals surface area contributed by atoms with E-state index in [1.165, 1.54) is 0 Å². The molecule has 0 N–H and O–H groups in total. The van der Waals surface area contributed by atoms with Crippen LogP contribution in [-0.4, -0.2) is 77.6 Å². The Labute approximate surface area is 144 Å². The second kappa shape index (κ2) is 7.65. The van der Waals surface area contributed by atoms with Gasteiger partial charge in [0.15, 0.2) is 9.84 Å². The van der Waals surface area contributed by atoms with Crippen molar-refractivity contribution in [2.24, 2.45) is 7.05 Å². The van der Waals surface area contributed by atoms with Crippen LogP contribution in [0.25, 0.3) is 0 Å². The first-order valence-electron chi connectivity index (χ1n) is 8.51. The number of nitrogens with zero attached hydrogens (tertiary/aromatic N) is 4. The third-order valence-electron chi connectivity index (χ3n) is 4.93. The van der Waals surface area contributed by atoms with Crippen molar-refractivity contribution in [3.05, 3.63) is 17.5 Å². The molecule has 2 rings (SSSR count). The van der Waals surface area contributed by atoms with Crippen molar-refractivity contribution in [2.45, 2.75) is 33.2 Å². The van der Waals surface area contributed by atoms with Crippen molar-refractivity contribution in [1.29, 1.82) is 0 Å². The van der Waals surface area contributed by atoms with Gasteiger partial charge in [-0.1, -0.05) is 13.8 Å². The lowest BCUT2D eigenvalue weighted by molar-refractivity contribution is 0.0673. The highest BCUT2D eigenvalue weighted by Gasteiger charge is 2.35. The van der Waals surface area contributed by atoms with Gasteiger partial charge in [0.2, 0.25) is 0 Å². The van der Waals surface area contributed by atoms with Crippen molar-refractivity contribution in [3.63, 3.8) is 0 Å². The number of rotatable bonds is 7. The van der Waals surface area contributed by atoms with E-state index in [2.05, 4.69) is 23.8 Å². The summed E-state index contributed by atoms with van der Waals surface area (Å²) in [5, 5.41) is 4.14. The van der Waals surface area contributed by atoms with Gasteiger partial charge in [-0.05, 0) is 26.4 Å². The molecule has 136 valence electrons. The van der Waals surface area contributed by atoms with E-state index in [0.717, 1.165) is 25.3 Å². The Morgan fingerprint density at radius 2 is 2.00 bits per heavy atom. The van der Waals surface area contributed by atoms with Crippen LogP contribution in [-0.2, 0) is 16.9 Å². The summed E-state index contributed by atoms with van der Waals surface area (Å²) < 4.78 is 25.4. The maximum absolute atomic E-state index is 13.0. The maximum Gasteiger partial charge on any atom is 0.257 e. The second-order valence-corrected chi connectivity index (χ2v) is 8.58. The van der Waals surface area contributed by atoms with Crippen LogP contribution in [0.15, 0.2) is 6.20 Å². The molecule has 0 bridgehead atoms. The number of aryl methyl sites for hydroxylation is 1. The predicted octanol–water partition coefficient (Wildman–Crippen LogP) is 0.700. The number of hydrogen-bond donors (Lipinski definition) is 0. The molecule has 0 spiro atoms. The maximum atomic E-state index is 13.0. The van der Waals surface area contributed by atoms with Crippen molar-refractivity contribution in [1.82, 2.24) is 19.6 Å². The Bertz CT molecular complexity index is 679. The minimum atomic E-state index is -3.04. The molecule has 1 aromatic rings. The van der Waals surface area contributed by atoms with E-state index in [9.17, 15) is 13.2 Å². The lowest BCUT2D eigenvalue weighted by Crippen LogP contribution is -2.45. The highest BCUT2D eigenvalue weighted by molar-refractivity contribution is 7.91. The van der Waals surface area contributed by atoms with Crippen molar-refractivity contribution in [2.75, 3.05) is 37.7 Å². The minimum absolute atomic E-state index is 0.0658. The Hall–Kier alpha value is -1.41. The molecule has 1 aliphatic heterocycles. The smallest absolute Gasteiger partial charge is 0.257 e. The van der Waals surface area contributed by atoms with Gasteiger partial charge in [0.05, 0.1) is 23.3 Å². The van der Waals surface area contributed by atoms with Crippen LogP contribution in [0.2, 0.25) is 0 Å². The molecule has 2 heterocycles. The summed E-state index contributed by atoms with van der Waals surface area (Å²) >= 11 is 0. The van der Waals surface area contributed by atoms with E-state index < -0.39 is 9.84 Å². The highest BCUT2D eigenvalue weighted by atomic mass is 32.2. The van der Waals surface area contributed by atoms with Crippen molar-refractivity contribution in [3.8, 4) is 0 Å². The van der Waals surface area contributed by atoms with Gasteiger partial charge >= 0.3 is 0 Å². The molecule has 0 unspecified atom stereocenters. The van der Waals surface area contributed by atoms with Gasteiger partial charge in [0, 0.05) is 31.9 Å². The van der Waals surface area contributed by atoms with E-state index >= 15 is 0 Å². The summed E-state index contributed by atoms with van der Waals surface area (Å²) in [4.78, 5) is 17.0. The molecule has 8 heteroatoms. The van der Waals surface area contributed by atoms with Crippen LogP contribution in [0.3, 0.4) is 0 Å². The van der Waals surface area contributed by atoms with Gasteiger partial charge in [0.25, 0.3) is 5.91 Å². The zero-order chi connectivity index (χ0) is 17.9. The van der Waals surface area contributed by atoms with Crippen LogP contribution in [0.4, 0.5) is 0 Å². The number of amides is 1. The molecule has 0 saturated carbocycles. The summed E-state index contributed by atoms with van der Waals surface area (Å²) in [6.07, 6.45) is 2.09. The quantitative estimate of drug-likeness (QED) is 0.719. The average molecular weight is 356 g/mol. The number of carbonyl (C=O) groups is 1. The van der Waals surface area contributed by atoms with Gasteiger partial charge in [-0.15, -0.1) is 0 Å². The van der Waals surface area contributed by atoms with Crippen molar-refractivity contribution < 1.29 is 13.2 Å². The first-order valence-corrected chi connectivity index (χ1v) is 10.3. The summed E-state index contributed by atoms with van der Waals surface area (Å²) in [5.41, 5.74) is 1.36. The number of likely N-dealkylation sites (N-methyl/N-ethyl adjacent to an activating group) is 1. The summed E-state index contributed by atoms with van der Waals surface area (Å²) in [6, 6.07) is -0.238. The molecule has 24 heavy (non-hydrogen) atoms. The van der Waals surface area contributed by atoms with E-state index in [-0.39, 0.29) is 23.5 Å². The zero-order valence-corrected chi connectivity index (χ0v) is 15.8. The molecule has 1 amide bonds. The molecule has 1 saturated heterocycles. The molecule has 0 aromatic carbocycles. The zero-order valence-electron chi connectivity index (χ0n) is 15.0. The third kappa shape index (κ3) is 4.16. The topological polar surface area (TPSA) is 75.5 Å². The second-order valence-electron chi connectivity index (χ2n) is 6.35. The van der Waals surface area contributed by atoms with Gasteiger partial charge in [0.1, 0.15) is 0 Å². The van der Waals surface area contributed by atoms with E-state index in [1.54, 1.807) is 22.8 Å². The monoisotopic (exact) mass is 356 g/mol. The Morgan fingerprint density at radius 1 is 1.33 bits per heavy atom. The number of aromatic nitrogens is 2. The number of sulfone groups is 1. The number of carbonyl (C=O) groups excluding carboxylic acids is 1. The highest BCUT2D eigenvalue weighted by Crippen LogP contribution is 2.21. The molecular formula is C16H28N4O3S. The average Bonchev–Trinajstić information content (AvgIpc) is 3.06. The van der Waals surface area contributed by atoms with Gasteiger partial charge in [-0.25, -0.2) is 8.42 Å². The molecule has 1 fully saturated rings. The lowest BCUT2D eigenvalue weighted by Gasteiger charge is -2.30. The Balaban J connectivity index is 2.22. The normalized spacial score (nSPS) is 19.8. The predicted molar refractivity (Wildman–Crippen MR) is 93.8 cm³/mol. The van der Waals surface area contributed by atoms with Crippen molar-refractivity contribution >= 4 is 15.7 Å². The van der Waals surface area contributed by atoms with Crippen LogP contribution in [0.1, 0.15) is 36.3 Å². The Kier molecular flexibility index (Phi) is 6.03. The molecule has 1 aromatic heterocycles. The summed E-state index contributed by atoms with van der Waals surface area (Å²) in [7, 11) is -1.24. The molecule has 0 aliphatic carbocycles.